The third-order valence-corrected chi connectivity index (χ3v) is 5.34. The van der Waals surface area contributed by atoms with Crippen molar-refractivity contribution in [2.24, 2.45) is 12.0 Å². The van der Waals surface area contributed by atoms with E-state index >= 15 is 0 Å². The molecule has 2 atom stereocenters. The highest BCUT2D eigenvalue weighted by Crippen LogP contribution is 2.23. The summed E-state index contributed by atoms with van der Waals surface area (Å²) in [6.45, 7) is 5.82. The summed E-state index contributed by atoms with van der Waals surface area (Å²) in [6.07, 6.45) is 3.90. The number of benzene rings is 1. The maximum Gasteiger partial charge on any atom is 0.194 e. The van der Waals surface area contributed by atoms with E-state index in [1.54, 1.807) is 7.11 Å². The minimum atomic E-state index is 0.00235. The molecule has 1 aromatic heterocycles. The van der Waals surface area contributed by atoms with Gasteiger partial charge in [0.1, 0.15) is 11.9 Å². The average molecular weight is 415 g/mol. The van der Waals surface area contributed by atoms with E-state index in [0.717, 1.165) is 36.9 Å². The molecule has 1 aliphatic rings. The van der Waals surface area contributed by atoms with E-state index in [2.05, 4.69) is 53.4 Å². The second-order valence-electron chi connectivity index (χ2n) is 7.70. The zero-order valence-corrected chi connectivity index (χ0v) is 18.7. The molecule has 8 nitrogen and oxygen atoms in total. The fraction of sp³-hybridized carbons (Fsp3) is 0.545. The Bertz CT molecular complexity index is 817. The van der Waals surface area contributed by atoms with E-state index in [9.17, 15) is 0 Å². The molecule has 0 aliphatic carbocycles. The Kier molecular flexibility index (Phi) is 7.70. The molecule has 0 radical (unpaired) electrons. The Labute approximate surface area is 179 Å². The highest BCUT2D eigenvalue weighted by Gasteiger charge is 2.25. The zero-order valence-electron chi connectivity index (χ0n) is 18.7. The van der Waals surface area contributed by atoms with E-state index in [4.69, 9.17) is 14.5 Å². The number of aliphatic imine (C=N–C) groups is 1. The van der Waals surface area contributed by atoms with Crippen LogP contribution in [0.2, 0.25) is 0 Å². The molecule has 30 heavy (non-hydrogen) atoms. The first-order chi connectivity index (χ1) is 14.5. The Balaban J connectivity index is 1.74. The molecule has 1 fully saturated rings. The molecule has 0 saturated carbocycles. The number of nitrogens with zero attached hydrogens (tertiary/aromatic N) is 5. The summed E-state index contributed by atoms with van der Waals surface area (Å²) in [4.78, 5) is 9.48. The molecular weight excluding hydrogens is 380 g/mol. The first kappa shape index (κ1) is 22.1. The molecular formula is C22H34N6O2. The summed E-state index contributed by atoms with van der Waals surface area (Å²) in [7, 11) is 7.79. The molecule has 0 amide bonds. The molecule has 1 N–H and O–H groups in total. The summed E-state index contributed by atoms with van der Waals surface area (Å²) in [5.74, 6) is 1.79. The molecule has 164 valence electrons. The fourth-order valence-corrected chi connectivity index (χ4v) is 3.64. The van der Waals surface area contributed by atoms with Gasteiger partial charge in [-0.3, -0.25) is 9.67 Å². The number of aryl methyl sites for hydroxylation is 1. The number of ether oxygens (including phenoxy) is 2. The summed E-state index contributed by atoms with van der Waals surface area (Å²) < 4.78 is 13.1. The van der Waals surface area contributed by atoms with Crippen molar-refractivity contribution in [3.8, 4) is 5.75 Å². The highest BCUT2D eigenvalue weighted by atomic mass is 16.5. The predicted molar refractivity (Wildman–Crippen MR) is 119 cm³/mol. The van der Waals surface area contributed by atoms with Gasteiger partial charge in [0.15, 0.2) is 5.96 Å². The van der Waals surface area contributed by atoms with Gasteiger partial charge in [-0.15, -0.1) is 0 Å². The molecule has 0 bridgehead atoms. The number of likely N-dealkylation sites (N-methyl/N-ethyl adjacent to an activating group) is 1. The average Bonchev–Trinajstić information content (AvgIpc) is 3.20. The number of hydrogen-bond donors (Lipinski definition) is 1. The zero-order chi connectivity index (χ0) is 21.5. The van der Waals surface area contributed by atoms with Crippen molar-refractivity contribution in [1.29, 1.82) is 0 Å². The van der Waals surface area contributed by atoms with Crippen molar-refractivity contribution in [2.75, 3.05) is 54.0 Å². The second-order valence-corrected chi connectivity index (χ2v) is 7.70. The molecule has 0 spiro atoms. The van der Waals surface area contributed by atoms with Crippen LogP contribution in [0.3, 0.4) is 0 Å². The molecule has 8 heteroatoms. The lowest BCUT2D eigenvalue weighted by molar-refractivity contribution is -0.00807. The van der Waals surface area contributed by atoms with Gasteiger partial charge in [0, 0.05) is 31.9 Å². The summed E-state index contributed by atoms with van der Waals surface area (Å²) in [5.41, 5.74) is 2.32. The molecule has 2 aromatic rings. The van der Waals surface area contributed by atoms with Crippen LogP contribution in [0.25, 0.3) is 0 Å². The lowest BCUT2D eigenvalue weighted by Crippen LogP contribution is -2.48. The van der Waals surface area contributed by atoms with Gasteiger partial charge in [0.25, 0.3) is 0 Å². The molecule has 1 aromatic carbocycles. The van der Waals surface area contributed by atoms with Gasteiger partial charge in [-0.05, 0) is 38.7 Å². The van der Waals surface area contributed by atoms with Crippen molar-refractivity contribution in [3.05, 3.63) is 47.8 Å². The SMILES string of the molecule is CCNC(=NCC(c1ccc(OC)cc1)N(C)C)N1CCOC(c2cnn(C)c2)C1. The Morgan fingerprint density at radius 1 is 1.37 bits per heavy atom. The number of aromatic nitrogens is 2. The highest BCUT2D eigenvalue weighted by molar-refractivity contribution is 5.80. The van der Waals surface area contributed by atoms with Crippen LogP contribution in [0.15, 0.2) is 41.7 Å². The standard InChI is InChI=1S/C22H34N6O2/c1-6-23-22(28-11-12-30-21(16-28)18-13-25-27(4)15-18)24-14-20(26(2)3)17-7-9-19(29-5)10-8-17/h7-10,13,15,20-21H,6,11-12,14,16H2,1-5H3,(H,23,24). The molecule has 2 heterocycles. The number of morpholine rings is 1. The maximum absolute atomic E-state index is 5.99. The van der Waals surface area contributed by atoms with Crippen LogP contribution < -0.4 is 10.1 Å². The van der Waals surface area contributed by atoms with Crippen molar-refractivity contribution in [2.45, 2.75) is 19.1 Å². The normalized spacial score (nSPS) is 18.5. The molecule has 1 aliphatic heterocycles. The van der Waals surface area contributed by atoms with Crippen molar-refractivity contribution in [1.82, 2.24) is 24.9 Å². The van der Waals surface area contributed by atoms with E-state index in [-0.39, 0.29) is 12.1 Å². The van der Waals surface area contributed by atoms with Gasteiger partial charge in [-0.1, -0.05) is 12.1 Å². The summed E-state index contributed by atoms with van der Waals surface area (Å²) in [6, 6.07) is 8.40. The fourth-order valence-electron chi connectivity index (χ4n) is 3.64. The van der Waals surface area contributed by atoms with Gasteiger partial charge in [0.05, 0.1) is 39.0 Å². The van der Waals surface area contributed by atoms with E-state index < -0.39 is 0 Å². The number of nitrogens with one attached hydrogen (secondary N) is 1. The van der Waals surface area contributed by atoms with Crippen molar-refractivity contribution in [3.63, 3.8) is 0 Å². The summed E-state index contributed by atoms with van der Waals surface area (Å²) in [5, 5.41) is 7.74. The van der Waals surface area contributed by atoms with Crippen LogP contribution in [0.4, 0.5) is 0 Å². The predicted octanol–water partition coefficient (Wildman–Crippen LogP) is 2.07. The number of guanidine groups is 1. The van der Waals surface area contributed by atoms with Gasteiger partial charge in [0.2, 0.25) is 0 Å². The molecule has 3 rings (SSSR count). The van der Waals surface area contributed by atoms with Gasteiger partial charge >= 0.3 is 0 Å². The van der Waals surface area contributed by atoms with E-state index in [0.29, 0.717) is 13.2 Å². The summed E-state index contributed by atoms with van der Waals surface area (Å²) >= 11 is 0. The molecule has 1 saturated heterocycles. The first-order valence-electron chi connectivity index (χ1n) is 10.5. The van der Waals surface area contributed by atoms with Crippen LogP contribution in [0, 0.1) is 0 Å². The molecule has 2 unspecified atom stereocenters. The van der Waals surface area contributed by atoms with Crippen molar-refractivity contribution >= 4 is 5.96 Å². The quantitative estimate of drug-likeness (QED) is 0.553. The Hall–Kier alpha value is -2.58. The third kappa shape index (κ3) is 5.52. The Morgan fingerprint density at radius 3 is 2.73 bits per heavy atom. The van der Waals surface area contributed by atoms with E-state index in [1.165, 1.54) is 5.56 Å². The minimum Gasteiger partial charge on any atom is -0.497 e. The first-order valence-corrected chi connectivity index (χ1v) is 10.5. The number of methoxy groups -OCH3 is 1. The van der Waals surface area contributed by atoms with Gasteiger partial charge < -0.3 is 24.6 Å². The Morgan fingerprint density at radius 2 is 2.13 bits per heavy atom. The van der Waals surface area contributed by atoms with Gasteiger partial charge in [-0.25, -0.2) is 0 Å². The third-order valence-electron chi connectivity index (χ3n) is 5.34. The van der Waals surface area contributed by atoms with Crippen molar-refractivity contribution < 1.29 is 9.47 Å². The lowest BCUT2D eigenvalue weighted by atomic mass is 10.1. The number of hydrogen-bond acceptors (Lipinski definition) is 5. The van der Waals surface area contributed by atoms with E-state index in [1.807, 2.05) is 36.3 Å². The van der Waals surface area contributed by atoms with Crippen LogP contribution in [0.1, 0.15) is 30.2 Å². The van der Waals surface area contributed by atoms with Crippen LogP contribution in [-0.4, -0.2) is 79.5 Å². The van der Waals surface area contributed by atoms with Crippen LogP contribution in [-0.2, 0) is 11.8 Å². The largest absolute Gasteiger partial charge is 0.497 e. The lowest BCUT2D eigenvalue weighted by Gasteiger charge is -2.35. The van der Waals surface area contributed by atoms with Crippen LogP contribution >= 0.6 is 0 Å². The monoisotopic (exact) mass is 414 g/mol. The maximum atomic E-state index is 5.99. The second kappa shape index (κ2) is 10.4. The topological polar surface area (TPSA) is 67.2 Å². The minimum absolute atomic E-state index is 0.00235. The number of rotatable bonds is 7. The van der Waals surface area contributed by atoms with Crippen LogP contribution in [0.5, 0.6) is 5.75 Å². The van der Waals surface area contributed by atoms with Gasteiger partial charge in [-0.2, -0.15) is 5.10 Å². The smallest absolute Gasteiger partial charge is 0.194 e.